The van der Waals surface area contributed by atoms with Gasteiger partial charge < -0.3 is 29.9 Å². The van der Waals surface area contributed by atoms with E-state index >= 15 is 0 Å². The van der Waals surface area contributed by atoms with Crippen molar-refractivity contribution < 1.29 is 20.1 Å². The van der Waals surface area contributed by atoms with Crippen LogP contribution < -0.4 is 5.32 Å². The van der Waals surface area contributed by atoms with Crippen molar-refractivity contribution in [3.8, 4) is 0 Å². The van der Waals surface area contributed by atoms with Gasteiger partial charge in [0.25, 0.3) is 0 Å². The number of aliphatic hydroxyl groups excluding tert-OH is 3. The summed E-state index contributed by atoms with van der Waals surface area (Å²) in [6.45, 7) is -0.356. The van der Waals surface area contributed by atoms with Gasteiger partial charge in [0.05, 0.1) is 12.0 Å². The molecule has 0 saturated carbocycles. The molecule has 1 aliphatic heterocycles. The summed E-state index contributed by atoms with van der Waals surface area (Å²) in [6.07, 6.45) is -0.743. The van der Waals surface area contributed by atoms with Crippen molar-refractivity contribution in [2.45, 2.75) is 24.5 Å². The first-order valence-electron chi connectivity index (χ1n) is 6.29. The van der Waals surface area contributed by atoms with Gasteiger partial charge in [0, 0.05) is 13.2 Å². The summed E-state index contributed by atoms with van der Waals surface area (Å²) in [7, 11) is 1.76. The third-order valence-electron chi connectivity index (χ3n) is 3.54. The van der Waals surface area contributed by atoms with Gasteiger partial charge in [0.15, 0.2) is 6.23 Å². The topological polar surface area (TPSA) is 113 Å². The highest BCUT2D eigenvalue weighted by atomic mass is 16.6. The summed E-state index contributed by atoms with van der Waals surface area (Å²) in [5.74, 6) is 0.667. The Kier molecular flexibility index (Phi) is 3.30. The number of nitrogens with zero attached hydrogens (tertiary/aromatic N) is 3. The molecule has 2 unspecified atom stereocenters. The molecule has 2 aromatic heterocycles. The first-order valence-corrected chi connectivity index (χ1v) is 6.29. The highest BCUT2D eigenvalue weighted by Gasteiger charge is 2.43. The molecule has 2 aromatic rings. The molecule has 3 rings (SSSR count). The van der Waals surface area contributed by atoms with Crippen LogP contribution in [-0.4, -0.2) is 61.8 Å². The molecule has 0 bridgehead atoms. The number of fused-ring (bicyclic) bond motifs is 1. The van der Waals surface area contributed by atoms with Gasteiger partial charge in [-0.15, -0.1) is 0 Å². The van der Waals surface area contributed by atoms with Gasteiger partial charge in [-0.05, 0) is 6.07 Å². The first kappa shape index (κ1) is 13.3. The minimum Gasteiger partial charge on any atom is -0.394 e. The number of aromatic nitrogens is 3. The van der Waals surface area contributed by atoms with E-state index < -0.39 is 24.5 Å². The van der Waals surface area contributed by atoms with Crippen LogP contribution >= 0.6 is 0 Å². The Hall–Kier alpha value is -1.74. The lowest BCUT2D eigenvalue weighted by atomic mass is 10.1. The molecule has 0 aliphatic carbocycles. The zero-order valence-electron chi connectivity index (χ0n) is 10.8. The van der Waals surface area contributed by atoms with Crippen LogP contribution in [0.25, 0.3) is 11.0 Å². The second-order valence-corrected chi connectivity index (χ2v) is 4.66. The van der Waals surface area contributed by atoms with Crippen LogP contribution in [0.4, 0.5) is 5.82 Å². The lowest BCUT2D eigenvalue weighted by molar-refractivity contribution is -0.0508. The fourth-order valence-electron chi connectivity index (χ4n) is 2.49. The van der Waals surface area contributed by atoms with Crippen LogP contribution in [0.1, 0.15) is 6.23 Å². The van der Waals surface area contributed by atoms with Crippen LogP contribution in [0.2, 0.25) is 0 Å². The SMILES string of the molecule is CNc1ncnc2c1ccn2[C@@H]1O[C@H](CO)C(O)C1O. The van der Waals surface area contributed by atoms with Crippen molar-refractivity contribution in [3.05, 3.63) is 18.6 Å². The van der Waals surface area contributed by atoms with Crippen molar-refractivity contribution in [2.75, 3.05) is 19.0 Å². The van der Waals surface area contributed by atoms with E-state index in [4.69, 9.17) is 9.84 Å². The lowest BCUT2D eigenvalue weighted by Gasteiger charge is -2.17. The van der Waals surface area contributed by atoms with Crippen LogP contribution in [0.3, 0.4) is 0 Å². The summed E-state index contributed by atoms with van der Waals surface area (Å²) >= 11 is 0. The molecule has 0 spiro atoms. The third kappa shape index (κ3) is 1.85. The molecule has 4 atom stereocenters. The molecule has 4 N–H and O–H groups in total. The van der Waals surface area contributed by atoms with E-state index in [2.05, 4.69) is 15.3 Å². The fraction of sp³-hybridized carbons (Fsp3) is 0.500. The van der Waals surface area contributed by atoms with Crippen LogP contribution in [-0.2, 0) is 4.74 Å². The minimum absolute atomic E-state index is 0.356. The standard InChI is InChI=1S/C12H16N4O4/c1-13-10-6-2-3-16(11(6)15-5-14-10)12-9(19)8(18)7(4-17)20-12/h2-3,5,7-9,12,17-19H,4H2,1H3,(H,13,14,15)/t7-,8?,9?,12-/m1/s1. The highest BCUT2D eigenvalue weighted by Crippen LogP contribution is 2.32. The molecule has 1 fully saturated rings. The average molecular weight is 280 g/mol. The van der Waals surface area contributed by atoms with Gasteiger partial charge in [-0.25, -0.2) is 9.97 Å². The van der Waals surface area contributed by atoms with Gasteiger partial charge in [-0.3, -0.25) is 0 Å². The smallest absolute Gasteiger partial charge is 0.164 e. The Labute approximate surface area is 114 Å². The number of ether oxygens (including phenoxy) is 1. The maximum absolute atomic E-state index is 10.1. The second-order valence-electron chi connectivity index (χ2n) is 4.66. The van der Waals surface area contributed by atoms with Gasteiger partial charge in [-0.1, -0.05) is 0 Å². The van der Waals surface area contributed by atoms with Gasteiger partial charge >= 0.3 is 0 Å². The largest absolute Gasteiger partial charge is 0.394 e. The van der Waals surface area contributed by atoms with E-state index in [1.165, 1.54) is 6.33 Å². The molecule has 108 valence electrons. The summed E-state index contributed by atoms with van der Waals surface area (Å²) in [6, 6.07) is 1.80. The Morgan fingerprint density at radius 3 is 2.80 bits per heavy atom. The van der Waals surface area contributed by atoms with Crippen LogP contribution in [0, 0.1) is 0 Å². The molecule has 8 heteroatoms. The van der Waals surface area contributed by atoms with E-state index in [1.54, 1.807) is 23.9 Å². The molecule has 0 radical (unpaired) electrons. The van der Waals surface area contributed by atoms with E-state index in [9.17, 15) is 10.2 Å². The Balaban J connectivity index is 2.03. The van der Waals surface area contributed by atoms with Crippen LogP contribution in [0.5, 0.6) is 0 Å². The number of aliphatic hydroxyl groups is 3. The maximum atomic E-state index is 10.1. The predicted molar refractivity (Wildman–Crippen MR) is 70.1 cm³/mol. The summed E-state index contributed by atoms with van der Waals surface area (Å²) in [5.41, 5.74) is 0.583. The normalized spacial score (nSPS) is 30.0. The molecule has 8 nitrogen and oxygen atoms in total. The number of rotatable bonds is 3. The predicted octanol–water partition coefficient (Wildman–Crippen LogP) is -0.916. The fourth-order valence-corrected chi connectivity index (χ4v) is 2.49. The molecule has 20 heavy (non-hydrogen) atoms. The number of hydrogen-bond acceptors (Lipinski definition) is 7. The molecule has 3 heterocycles. The van der Waals surface area contributed by atoms with Gasteiger partial charge in [0.2, 0.25) is 0 Å². The molecule has 0 amide bonds. The van der Waals surface area contributed by atoms with Crippen molar-refractivity contribution in [3.63, 3.8) is 0 Å². The average Bonchev–Trinajstić information content (AvgIpc) is 3.01. The number of nitrogens with one attached hydrogen (secondary N) is 1. The van der Waals surface area contributed by atoms with E-state index in [0.717, 1.165) is 5.39 Å². The zero-order valence-corrected chi connectivity index (χ0v) is 10.8. The zero-order chi connectivity index (χ0) is 14.3. The van der Waals surface area contributed by atoms with Crippen molar-refractivity contribution >= 4 is 16.9 Å². The van der Waals surface area contributed by atoms with Crippen molar-refractivity contribution in [1.29, 1.82) is 0 Å². The first-order chi connectivity index (χ1) is 9.67. The van der Waals surface area contributed by atoms with E-state index in [0.29, 0.717) is 11.5 Å². The van der Waals surface area contributed by atoms with Crippen LogP contribution in [0.15, 0.2) is 18.6 Å². The monoisotopic (exact) mass is 280 g/mol. The summed E-state index contributed by atoms with van der Waals surface area (Å²) in [5, 5.41) is 32.7. The molecular formula is C12H16N4O4. The molecule has 1 saturated heterocycles. The van der Waals surface area contributed by atoms with Crippen molar-refractivity contribution in [1.82, 2.24) is 14.5 Å². The number of anilines is 1. The third-order valence-corrected chi connectivity index (χ3v) is 3.54. The minimum atomic E-state index is -1.13. The maximum Gasteiger partial charge on any atom is 0.164 e. The lowest BCUT2D eigenvalue weighted by Crippen LogP contribution is -2.33. The summed E-state index contributed by atoms with van der Waals surface area (Å²) < 4.78 is 7.12. The van der Waals surface area contributed by atoms with Gasteiger partial charge in [0.1, 0.15) is 36.1 Å². The van der Waals surface area contributed by atoms with Gasteiger partial charge in [-0.2, -0.15) is 0 Å². The van der Waals surface area contributed by atoms with E-state index in [-0.39, 0.29) is 6.61 Å². The quantitative estimate of drug-likeness (QED) is 0.575. The highest BCUT2D eigenvalue weighted by molar-refractivity contribution is 5.87. The van der Waals surface area contributed by atoms with Crippen molar-refractivity contribution in [2.24, 2.45) is 0 Å². The molecule has 1 aliphatic rings. The van der Waals surface area contributed by atoms with E-state index in [1.807, 2.05) is 0 Å². The Morgan fingerprint density at radius 2 is 2.15 bits per heavy atom. The summed E-state index contributed by atoms with van der Waals surface area (Å²) in [4.78, 5) is 8.28. The Morgan fingerprint density at radius 1 is 1.35 bits per heavy atom. The second kappa shape index (κ2) is 4.98. The Bertz CT molecular complexity index is 617. The molecular weight excluding hydrogens is 264 g/mol. The molecule has 0 aromatic carbocycles. The number of hydrogen-bond donors (Lipinski definition) is 4.